The maximum absolute atomic E-state index is 14.4. The minimum atomic E-state index is -4.28. The van der Waals surface area contributed by atoms with Gasteiger partial charge < -0.3 is 5.32 Å². The average molecular weight is 530 g/mol. The number of nitrogens with zero attached hydrogens (tertiary/aromatic N) is 4. The molecule has 1 aromatic carbocycles. The van der Waals surface area contributed by atoms with Crippen LogP contribution in [0.5, 0.6) is 0 Å². The Morgan fingerprint density at radius 3 is 2.43 bits per heavy atom. The first-order valence-electron chi connectivity index (χ1n) is 12.0. The molecule has 1 N–H and O–H groups in total. The molecule has 1 fully saturated rings. The summed E-state index contributed by atoms with van der Waals surface area (Å²) in [6.07, 6.45) is -5.23. The Balaban J connectivity index is 0.00000186. The Bertz CT molecular complexity index is 1270. The number of alkyl halides is 5. The standard InChI is InChI=1S/C23H23F6N5O.C2H6/c1-33-21-17(9-16(22(33)35)13-5-7-34(8-6-13)11-23(27,28)29)20(31-12-32-21)30-10-14-3-2-4-15(18(14)24)19(25)26;1-2/h2-4,9,12-13,19H,5-8,10-11H2,1H3,(H,30,31,32);1-2H3. The SMILES string of the molecule is CC.Cn1c(=O)c(C2CCN(CC(F)(F)F)CC2)cc2c(NCc3cccc(C(F)F)c3F)ncnc21. The number of piperidine rings is 1. The predicted molar refractivity (Wildman–Crippen MR) is 129 cm³/mol. The van der Waals surface area contributed by atoms with E-state index in [1.165, 1.54) is 35.0 Å². The molecule has 37 heavy (non-hydrogen) atoms. The largest absolute Gasteiger partial charge is 0.401 e. The van der Waals surface area contributed by atoms with Crippen LogP contribution in [-0.4, -0.2) is 45.2 Å². The van der Waals surface area contributed by atoms with Gasteiger partial charge in [-0.05, 0) is 37.9 Å². The van der Waals surface area contributed by atoms with E-state index in [0.29, 0.717) is 29.4 Å². The molecule has 0 bridgehead atoms. The fourth-order valence-corrected chi connectivity index (χ4v) is 4.47. The van der Waals surface area contributed by atoms with Crippen molar-refractivity contribution in [3.05, 3.63) is 63.5 Å². The first-order valence-corrected chi connectivity index (χ1v) is 12.0. The number of nitrogens with one attached hydrogen (secondary N) is 1. The van der Waals surface area contributed by atoms with Gasteiger partial charge in [0.15, 0.2) is 0 Å². The number of likely N-dealkylation sites (tertiary alicyclic amines) is 1. The van der Waals surface area contributed by atoms with Gasteiger partial charge in [-0.3, -0.25) is 14.3 Å². The number of anilines is 1. The zero-order valence-electron chi connectivity index (χ0n) is 20.7. The van der Waals surface area contributed by atoms with E-state index in [9.17, 15) is 31.1 Å². The first kappa shape index (κ1) is 28.4. The highest BCUT2D eigenvalue weighted by atomic mass is 19.4. The zero-order chi connectivity index (χ0) is 27.3. The smallest absolute Gasteiger partial charge is 0.365 e. The van der Waals surface area contributed by atoms with Crippen molar-refractivity contribution in [2.45, 2.75) is 51.8 Å². The van der Waals surface area contributed by atoms with Gasteiger partial charge in [0.2, 0.25) is 0 Å². The average Bonchev–Trinajstić information content (AvgIpc) is 2.86. The first-order chi connectivity index (χ1) is 17.5. The van der Waals surface area contributed by atoms with E-state index in [-0.39, 0.29) is 42.5 Å². The van der Waals surface area contributed by atoms with Crippen molar-refractivity contribution in [3.63, 3.8) is 0 Å². The lowest BCUT2D eigenvalue weighted by Gasteiger charge is -2.32. The number of benzene rings is 1. The van der Waals surface area contributed by atoms with Crippen LogP contribution >= 0.6 is 0 Å². The molecule has 0 spiro atoms. The van der Waals surface area contributed by atoms with Crippen molar-refractivity contribution < 1.29 is 26.3 Å². The molecule has 6 nitrogen and oxygen atoms in total. The minimum absolute atomic E-state index is 0.0247. The lowest BCUT2D eigenvalue weighted by Crippen LogP contribution is -2.40. The quantitative estimate of drug-likeness (QED) is 0.410. The van der Waals surface area contributed by atoms with E-state index in [1.54, 1.807) is 6.07 Å². The lowest BCUT2D eigenvalue weighted by atomic mass is 9.89. The van der Waals surface area contributed by atoms with E-state index in [0.717, 1.165) is 6.07 Å². The number of fused-ring (bicyclic) bond motifs is 1. The van der Waals surface area contributed by atoms with Crippen molar-refractivity contribution in [2.24, 2.45) is 7.05 Å². The number of hydrogen-bond donors (Lipinski definition) is 1. The van der Waals surface area contributed by atoms with Crippen molar-refractivity contribution in [1.82, 2.24) is 19.4 Å². The molecule has 0 atom stereocenters. The topological polar surface area (TPSA) is 63.1 Å². The highest BCUT2D eigenvalue weighted by Gasteiger charge is 2.33. The molecule has 1 aliphatic rings. The maximum Gasteiger partial charge on any atom is 0.401 e. The van der Waals surface area contributed by atoms with Crippen LogP contribution in [-0.2, 0) is 13.6 Å². The molecule has 1 aliphatic heterocycles. The Kier molecular flexibility index (Phi) is 9.16. The van der Waals surface area contributed by atoms with Crippen LogP contribution in [0.3, 0.4) is 0 Å². The third-order valence-corrected chi connectivity index (χ3v) is 6.25. The van der Waals surface area contributed by atoms with E-state index in [2.05, 4.69) is 15.3 Å². The van der Waals surface area contributed by atoms with Crippen molar-refractivity contribution in [2.75, 3.05) is 25.0 Å². The van der Waals surface area contributed by atoms with Crippen LogP contribution in [0.15, 0.2) is 35.4 Å². The number of rotatable bonds is 6. The number of aromatic nitrogens is 3. The van der Waals surface area contributed by atoms with Crippen LogP contribution in [0.2, 0.25) is 0 Å². The summed E-state index contributed by atoms with van der Waals surface area (Å²) in [7, 11) is 1.54. The van der Waals surface area contributed by atoms with Gasteiger partial charge in [0.25, 0.3) is 12.0 Å². The lowest BCUT2D eigenvalue weighted by molar-refractivity contribution is -0.147. The van der Waals surface area contributed by atoms with Gasteiger partial charge in [0, 0.05) is 24.7 Å². The molecular formula is C25H29F6N5O. The molecule has 3 aromatic rings. The molecule has 1 saturated heterocycles. The highest BCUT2D eigenvalue weighted by molar-refractivity contribution is 5.87. The second-order valence-corrected chi connectivity index (χ2v) is 8.56. The van der Waals surface area contributed by atoms with E-state index in [1.807, 2.05) is 13.8 Å². The Morgan fingerprint density at radius 2 is 1.81 bits per heavy atom. The molecule has 4 rings (SSSR count). The summed E-state index contributed by atoms with van der Waals surface area (Å²) in [5.41, 5.74) is -0.218. The summed E-state index contributed by atoms with van der Waals surface area (Å²) in [5.74, 6) is -0.967. The molecule has 0 aliphatic carbocycles. The Morgan fingerprint density at radius 1 is 1.14 bits per heavy atom. The molecular weight excluding hydrogens is 500 g/mol. The molecule has 0 saturated carbocycles. The van der Waals surface area contributed by atoms with Gasteiger partial charge in [0.05, 0.1) is 17.5 Å². The molecule has 0 unspecified atom stereocenters. The van der Waals surface area contributed by atoms with Crippen LogP contribution in [0, 0.1) is 5.82 Å². The number of hydrogen-bond acceptors (Lipinski definition) is 5. The Hall–Kier alpha value is -3.15. The summed E-state index contributed by atoms with van der Waals surface area (Å²) in [6.45, 7) is 3.30. The summed E-state index contributed by atoms with van der Waals surface area (Å²) < 4.78 is 79.9. The highest BCUT2D eigenvalue weighted by Crippen LogP contribution is 2.31. The van der Waals surface area contributed by atoms with Crippen molar-refractivity contribution >= 4 is 16.9 Å². The van der Waals surface area contributed by atoms with Crippen LogP contribution in [0.25, 0.3) is 11.0 Å². The summed E-state index contributed by atoms with van der Waals surface area (Å²) in [6, 6.07) is 5.36. The molecule has 0 amide bonds. The molecule has 202 valence electrons. The molecule has 0 radical (unpaired) electrons. The van der Waals surface area contributed by atoms with Gasteiger partial charge in [-0.15, -0.1) is 0 Å². The van der Waals surface area contributed by atoms with E-state index in [4.69, 9.17) is 0 Å². The van der Waals surface area contributed by atoms with Crippen LogP contribution in [0.1, 0.15) is 55.7 Å². The monoisotopic (exact) mass is 529 g/mol. The van der Waals surface area contributed by atoms with Crippen LogP contribution < -0.4 is 10.9 Å². The normalized spacial score (nSPS) is 15.1. The molecule has 3 heterocycles. The fourth-order valence-electron chi connectivity index (χ4n) is 4.47. The fraction of sp³-hybridized carbons (Fsp3) is 0.480. The second kappa shape index (κ2) is 11.9. The van der Waals surface area contributed by atoms with Crippen molar-refractivity contribution in [3.8, 4) is 0 Å². The summed E-state index contributed by atoms with van der Waals surface area (Å²) >= 11 is 0. The number of aryl methyl sites for hydroxylation is 1. The zero-order valence-corrected chi connectivity index (χ0v) is 20.7. The Labute approximate surface area is 210 Å². The third-order valence-electron chi connectivity index (χ3n) is 6.25. The molecule has 2 aromatic heterocycles. The van der Waals surface area contributed by atoms with Gasteiger partial charge >= 0.3 is 6.18 Å². The van der Waals surface area contributed by atoms with Gasteiger partial charge in [-0.2, -0.15) is 13.2 Å². The summed E-state index contributed by atoms with van der Waals surface area (Å²) in [5, 5.41) is 3.40. The van der Waals surface area contributed by atoms with Crippen molar-refractivity contribution in [1.29, 1.82) is 0 Å². The summed E-state index contributed by atoms with van der Waals surface area (Å²) in [4.78, 5) is 22.6. The molecule has 12 heteroatoms. The second-order valence-electron chi connectivity index (χ2n) is 8.56. The maximum atomic E-state index is 14.4. The van der Waals surface area contributed by atoms with Crippen LogP contribution in [0.4, 0.5) is 32.2 Å². The van der Waals surface area contributed by atoms with Gasteiger partial charge in [0.1, 0.15) is 23.6 Å². The third kappa shape index (κ3) is 6.60. The van der Waals surface area contributed by atoms with E-state index >= 15 is 0 Å². The predicted octanol–water partition coefficient (Wildman–Crippen LogP) is 5.79. The minimum Gasteiger partial charge on any atom is -0.365 e. The number of halogens is 6. The van der Waals surface area contributed by atoms with E-state index < -0.39 is 30.5 Å². The number of pyridine rings is 1. The van der Waals surface area contributed by atoms with Gasteiger partial charge in [-0.1, -0.05) is 32.0 Å². The van der Waals surface area contributed by atoms with Gasteiger partial charge in [-0.25, -0.2) is 23.1 Å².